The Hall–Kier alpha value is -2.11. The summed E-state index contributed by atoms with van der Waals surface area (Å²) in [5.41, 5.74) is 1.05. The molecule has 1 N–H and O–H groups in total. The standard InChI is InChI=1S/C18H26N4O2/c1-2-21-13-15(11-16(21)23)18(24)20-12-14-7-6-8-19-17(14)22-9-4-3-5-10-22/h6-8,15H,2-5,9-13H2,1H3,(H,20,24)/t15-/m0/s1. The van der Waals surface area contributed by atoms with Gasteiger partial charge in [0.2, 0.25) is 11.8 Å². The van der Waals surface area contributed by atoms with Gasteiger partial charge in [0.15, 0.2) is 0 Å². The second-order valence-corrected chi connectivity index (χ2v) is 6.59. The van der Waals surface area contributed by atoms with Gasteiger partial charge >= 0.3 is 0 Å². The summed E-state index contributed by atoms with van der Waals surface area (Å²) in [5.74, 6) is 0.795. The van der Waals surface area contributed by atoms with E-state index in [1.165, 1.54) is 19.3 Å². The van der Waals surface area contributed by atoms with Crippen LogP contribution in [0.3, 0.4) is 0 Å². The van der Waals surface area contributed by atoms with Crippen molar-refractivity contribution in [3.63, 3.8) is 0 Å². The molecular weight excluding hydrogens is 304 g/mol. The number of piperidine rings is 1. The van der Waals surface area contributed by atoms with Gasteiger partial charge in [-0.1, -0.05) is 6.07 Å². The van der Waals surface area contributed by atoms with E-state index in [0.29, 0.717) is 26.1 Å². The van der Waals surface area contributed by atoms with Crippen molar-refractivity contribution in [1.82, 2.24) is 15.2 Å². The molecule has 0 radical (unpaired) electrons. The lowest BCUT2D eigenvalue weighted by Gasteiger charge is -2.29. The van der Waals surface area contributed by atoms with Gasteiger partial charge in [-0.05, 0) is 32.3 Å². The first kappa shape index (κ1) is 16.7. The van der Waals surface area contributed by atoms with Crippen molar-refractivity contribution < 1.29 is 9.59 Å². The van der Waals surface area contributed by atoms with Crippen molar-refractivity contribution in [2.24, 2.45) is 5.92 Å². The summed E-state index contributed by atoms with van der Waals surface area (Å²) in [6.07, 6.45) is 5.80. The average Bonchev–Trinajstić information content (AvgIpc) is 3.01. The Morgan fingerprint density at radius 2 is 2.12 bits per heavy atom. The van der Waals surface area contributed by atoms with Crippen LogP contribution < -0.4 is 10.2 Å². The molecule has 1 aromatic rings. The Morgan fingerprint density at radius 3 is 2.83 bits per heavy atom. The van der Waals surface area contributed by atoms with Gasteiger partial charge in [-0.25, -0.2) is 4.98 Å². The van der Waals surface area contributed by atoms with Crippen LogP contribution in [0.5, 0.6) is 0 Å². The number of nitrogens with one attached hydrogen (secondary N) is 1. The van der Waals surface area contributed by atoms with E-state index < -0.39 is 0 Å². The number of amides is 2. The molecule has 6 heteroatoms. The molecule has 6 nitrogen and oxygen atoms in total. The molecule has 0 saturated carbocycles. The second-order valence-electron chi connectivity index (χ2n) is 6.59. The summed E-state index contributed by atoms with van der Waals surface area (Å²) in [5, 5.41) is 3.00. The Bertz CT molecular complexity index is 598. The van der Waals surface area contributed by atoms with Crippen LogP contribution in [0.1, 0.15) is 38.2 Å². The van der Waals surface area contributed by atoms with E-state index in [1.54, 1.807) is 4.90 Å². The number of likely N-dealkylation sites (tertiary alicyclic amines) is 1. The van der Waals surface area contributed by atoms with Crippen LogP contribution in [-0.4, -0.2) is 47.9 Å². The number of nitrogens with zero attached hydrogens (tertiary/aromatic N) is 3. The number of carbonyl (C=O) groups is 2. The zero-order chi connectivity index (χ0) is 16.9. The predicted octanol–water partition coefficient (Wildman–Crippen LogP) is 1.56. The highest BCUT2D eigenvalue weighted by Crippen LogP contribution is 2.22. The third kappa shape index (κ3) is 3.68. The van der Waals surface area contributed by atoms with E-state index in [4.69, 9.17) is 0 Å². The molecule has 0 aliphatic carbocycles. The summed E-state index contributed by atoms with van der Waals surface area (Å²) >= 11 is 0. The minimum Gasteiger partial charge on any atom is -0.356 e. The highest BCUT2D eigenvalue weighted by molar-refractivity contribution is 5.89. The fourth-order valence-corrected chi connectivity index (χ4v) is 3.54. The molecule has 0 spiro atoms. The van der Waals surface area contributed by atoms with E-state index in [1.807, 2.05) is 25.3 Å². The highest BCUT2D eigenvalue weighted by atomic mass is 16.2. The molecule has 1 aromatic heterocycles. The molecule has 2 aliphatic heterocycles. The molecule has 0 bridgehead atoms. The summed E-state index contributed by atoms with van der Waals surface area (Å²) in [7, 11) is 0. The second kappa shape index (κ2) is 7.64. The Labute approximate surface area is 143 Å². The zero-order valence-electron chi connectivity index (χ0n) is 14.3. The third-order valence-electron chi connectivity index (χ3n) is 4.94. The first-order valence-corrected chi connectivity index (χ1v) is 8.93. The van der Waals surface area contributed by atoms with Crippen LogP contribution in [0, 0.1) is 5.92 Å². The average molecular weight is 330 g/mol. The molecule has 2 fully saturated rings. The van der Waals surface area contributed by atoms with Gasteiger partial charge in [-0.15, -0.1) is 0 Å². The van der Waals surface area contributed by atoms with Crippen molar-refractivity contribution in [1.29, 1.82) is 0 Å². The normalized spacial score (nSPS) is 21.2. The fourth-order valence-electron chi connectivity index (χ4n) is 3.54. The first-order chi connectivity index (χ1) is 11.7. The minimum absolute atomic E-state index is 0.0345. The van der Waals surface area contributed by atoms with E-state index in [0.717, 1.165) is 24.5 Å². The molecular formula is C18H26N4O2. The van der Waals surface area contributed by atoms with Gasteiger partial charge in [-0.3, -0.25) is 9.59 Å². The zero-order valence-corrected chi connectivity index (χ0v) is 14.3. The summed E-state index contributed by atoms with van der Waals surface area (Å²) in [4.78, 5) is 32.8. The van der Waals surface area contributed by atoms with Crippen molar-refractivity contribution in [3.8, 4) is 0 Å². The molecule has 3 heterocycles. The number of rotatable bonds is 5. The monoisotopic (exact) mass is 330 g/mol. The summed E-state index contributed by atoms with van der Waals surface area (Å²) < 4.78 is 0. The van der Waals surface area contributed by atoms with E-state index in [2.05, 4.69) is 15.2 Å². The lowest BCUT2D eigenvalue weighted by molar-refractivity contribution is -0.128. The van der Waals surface area contributed by atoms with Gasteiger partial charge in [0.05, 0.1) is 5.92 Å². The van der Waals surface area contributed by atoms with Crippen molar-refractivity contribution >= 4 is 17.6 Å². The molecule has 130 valence electrons. The largest absolute Gasteiger partial charge is 0.356 e. The van der Waals surface area contributed by atoms with Gasteiger partial charge in [0.1, 0.15) is 5.82 Å². The van der Waals surface area contributed by atoms with Crippen molar-refractivity contribution in [2.45, 2.75) is 39.2 Å². The summed E-state index contributed by atoms with van der Waals surface area (Å²) in [6.45, 7) is 5.67. The number of carbonyl (C=O) groups excluding carboxylic acids is 2. The predicted molar refractivity (Wildman–Crippen MR) is 92.5 cm³/mol. The van der Waals surface area contributed by atoms with Gasteiger partial charge < -0.3 is 15.1 Å². The highest BCUT2D eigenvalue weighted by Gasteiger charge is 2.33. The number of aromatic nitrogens is 1. The Kier molecular flexibility index (Phi) is 5.33. The Morgan fingerprint density at radius 1 is 1.33 bits per heavy atom. The maximum Gasteiger partial charge on any atom is 0.225 e. The molecule has 2 saturated heterocycles. The van der Waals surface area contributed by atoms with Crippen molar-refractivity contribution in [3.05, 3.63) is 23.9 Å². The molecule has 1 atom stereocenters. The van der Waals surface area contributed by atoms with E-state index >= 15 is 0 Å². The van der Waals surface area contributed by atoms with E-state index in [9.17, 15) is 9.59 Å². The van der Waals surface area contributed by atoms with Crippen LogP contribution >= 0.6 is 0 Å². The molecule has 0 unspecified atom stereocenters. The van der Waals surface area contributed by atoms with Crippen LogP contribution in [0.15, 0.2) is 18.3 Å². The topological polar surface area (TPSA) is 65.5 Å². The van der Waals surface area contributed by atoms with Gasteiger partial charge in [0.25, 0.3) is 0 Å². The third-order valence-corrected chi connectivity index (χ3v) is 4.94. The van der Waals surface area contributed by atoms with Crippen LogP contribution in [0.25, 0.3) is 0 Å². The lowest BCUT2D eigenvalue weighted by Crippen LogP contribution is -2.34. The fraction of sp³-hybridized carbons (Fsp3) is 0.611. The maximum atomic E-state index is 12.4. The minimum atomic E-state index is -0.229. The molecule has 0 aromatic carbocycles. The number of hydrogen-bond donors (Lipinski definition) is 1. The maximum absolute atomic E-state index is 12.4. The van der Waals surface area contributed by atoms with Crippen LogP contribution in [-0.2, 0) is 16.1 Å². The molecule has 2 aliphatic rings. The number of hydrogen-bond acceptors (Lipinski definition) is 4. The van der Waals surface area contributed by atoms with Gasteiger partial charge in [0, 0.05) is 50.9 Å². The Balaban J connectivity index is 1.60. The van der Waals surface area contributed by atoms with Crippen LogP contribution in [0.4, 0.5) is 5.82 Å². The van der Waals surface area contributed by atoms with Gasteiger partial charge in [-0.2, -0.15) is 0 Å². The first-order valence-electron chi connectivity index (χ1n) is 8.93. The lowest BCUT2D eigenvalue weighted by atomic mass is 10.1. The van der Waals surface area contributed by atoms with Crippen LogP contribution in [0.2, 0.25) is 0 Å². The number of pyridine rings is 1. The molecule has 3 rings (SSSR count). The summed E-state index contributed by atoms with van der Waals surface area (Å²) in [6, 6.07) is 3.93. The SMILES string of the molecule is CCN1C[C@@H](C(=O)NCc2cccnc2N2CCCCC2)CC1=O. The van der Waals surface area contributed by atoms with E-state index in [-0.39, 0.29) is 17.7 Å². The van der Waals surface area contributed by atoms with Crippen molar-refractivity contribution in [2.75, 3.05) is 31.1 Å². The molecule has 24 heavy (non-hydrogen) atoms. The number of anilines is 1. The smallest absolute Gasteiger partial charge is 0.225 e. The molecule has 2 amide bonds. The quantitative estimate of drug-likeness (QED) is 0.890.